The molecule has 3 amide bonds. The second-order valence-electron chi connectivity index (χ2n) is 5.17. The van der Waals surface area contributed by atoms with Crippen LogP contribution in [0.4, 0.5) is 4.79 Å². The van der Waals surface area contributed by atoms with Crippen molar-refractivity contribution >= 4 is 11.9 Å². The summed E-state index contributed by atoms with van der Waals surface area (Å²) in [6, 6.07) is 9.30. The van der Waals surface area contributed by atoms with E-state index in [4.69, 9.17) is 0 Å². The van der Waals surface area contributed by atoms with Gasteiger partial charge >= 0.3 is 6.03 Å². The Morgan fingerprint density at radius 3 is 2.68 bits per heavy atom. The highest BCUT2D eigenvalue weighted by Gasteiger charge is 2.51. The largest absolute Gasteiger partial charge is 0.325 e. The van der Waals surface area contributed by atoms with Crippen molar-refractivity contribution in [3.63, 3.8) is 0 Å². The number of carbonyl (C=O) groups excluding carboxylic acids is 2. The smallest absolute Gasteiger partial charge is 0.322 e. The highest BCUT2D eigenvalue weighted by Crippen LogP contribution is 2.26. The summed E-state index contributed by atoms with van der Waals surface area (Å²) in [5.74, 6) is -0.103. The van der Waals surface area contributed by atoms with Crippen LogP contribution in [0.2, 0.25) is 0 Å². The van der Waals surface area contributed by atoms with Crippen LogP contribution in [0, 0.1) is 0 Å². The van der Waals surface area contributed by atoms with Gasteiger partial charge in [-0.15, -0.1) is 0 Å². The van der Waals surface area contributed by atoms with Gasteiger partial charge in [0.25, 0.3) is 5.91 Å². The summed E-state index contributed by atoms with van der Waals surface area (Å²) in [4.78, 5) is 25.9. The van der Waals surface area contributed by atoms with Crippen molar-refractivity contribution in [3.8, 4) is 0 Å². The van der Waals surface area contributed by atoms with Gasteiger partial charge in [-0.1, -0.05) is 30.3 Å². The van der Waals surface area contributed by atoms with Gasteiger partial charge in [0, 0.05) is 6.54 Å². The molecule has 2 N–H and O–H groups in total. The van der Waals surface area contributed by atoms with Gasteiger partial charge < -0.3 is 10.6 Å². The first-order valence-electron chi connectivity index (χ1n) is 6.60. The fourth-order valence-corrected chi connectivity index (χ4v) is 2.78. The molecule has 5 heteroatoms. The number of nitrogens with one attached hydrogen (secondary N) is 2. The van der Waals surface area contributed by atoms with Gasteiger partial charge in [-0.25, -0.2) is 4.79 Å². The number of amides is 3. The van der Waals surface area contributed by atoms with Crippen molar-refractivity contribution in [1.29, 1.82) is 0 Å². The van der Waals surface area contributed by atoms with E-state index in [0.717, 1.165) is 24.9 Å². The zero-order valence-corrected chi connectivity index (χ0v) is 10.7. The van der Waals surface area contributed by atoms with Gasteiger partial charge in [0.1, 0.15) is 5.54 Å². The molecule has 0 aromatic heterocycles. The molecular formula is C14H17N3O2. The van der Waals surface area contributed by atoms with E-state index >= 15 is 0 Å². The minimum atomic E-state index is -0.718. The SMILES string of the molecule is O=C1NC2(CCCNC2)C(=O)N1Cc1ccccc1. The van der Waals surface area contributed by atoms with E-state index in [1.165, 1.54) is 4.90 Å². The monoisotopic (exact) mass is 259 g/mol. The second kappa shape index (κ2) is 4.66. The molecule has 2 heterocycles. The second-order valence-corrected chi connectivity index (χ2v) is 5.17. The van der Waals surface area contributed by atoms with Crippen molar-refractivity contribution in [1.82, 2.24) is 15.5 Å². The van der Waals surface area contributed by atoms with Crippen LogP contribution >= 0.6 is 0 Å². The quantitative estimate of drug-likeness (QED) is 0.774. The van der Waals surface area contributed by atoms with Crippen molar-refractivity contribution in [2.45, 2.75) is 24.9 Å². The van der Waals surface area contributed by atoms with Crippen LogP contribution in [-0.4, -0.2) is 35.5 Å². The topological polar surface area (TPSA) is 61.4 Å². The average Bonchev–Trinajstić information content (AvgIpc) is 2.66. The molecule has 2 saturated heterocycles. The van der Waals surface area contributed by atoms with Crippen LogP contribution in [-0.2, 0) is 11.3 Å². The molecular weight excluding hydrogens is 242 g/mol. The fraction of sp³-hybridized carbons (Fsp3) is 0.429. The first-order valence-corrected chi connectivity index (χ1v) is 6.60. The fourth-order valence-electron chi connectivity index (χ4n) is 2.78. The molecule has 2 aliphatic rings. The number of nitrogens with zero attached hydrogens (tertiary/aromatic N) is 1. The minimum absolute atomic E-state index is 0.103. The molecule has 1 atom stereocenters. The molecule has 1 unspecified atom stereocenters. The molecule has 2 fully saturated rings. The maximum absolute atomic E-state index is 12.5. The highest BCUT2D eigenvalue weighted by atomic mass is 16.2. The number of hydrogen-bond donors (Lipinski definition) is 2. The summed E-state index contributed by atoms with van der Waals surface area (Å²) >= 11 is 0. The number of rotatable bonds is 2. The zero-order chi connectivity index (χ0) is 13.3. The molecule has 0 bridgehead atoms. The lowest BCUT2D eigenvalue weighted by Crippen LogP contribution is -2.57. The molecule has 0 radical (unpaired) electrons. The molecule has 2 aliphatic heterocycles. The van der Waals surface area contributed by atoms with Crippen LogP contribution < -0.4 is 10.6 Å². The van der Waals surface area contributed by atoms with E-state index in [2.05, 4.69) is 10.6 Å². The van der Waals surface area contributed by atoms with Crippen molar-refractivity contribution < 1.29 is 9.59 Å². The average molecular weight is 259 g/mol. The molecule has 1 aromatic carbocycles. The van der Waals surface area contributed by atoms with Gasteiger partial charge in [-0.05, 0) is 24.9 Å². The summed E-state index contributed by atoms with van der Waals surface area (Å²) in [6.45, 7) is 1.78. The first kappa shape index (κ1) is 12.2. The Hall–Kier alpha value is -1.88. The molecule has 3 rings (SSSR count). The summed E-state index contributed by atoms with van der Waals surface area (Å²) in [5.41, 5.74) is 0.247. The Bertz CT molecular complexity index is 495. The Kier molecular flexibility index (Phi) is 2.98. The zero-order valence-electron chi connectivity index (χ0n) is 10.7. The van der Waals surface area contributed by atoms with E-state index in [1.807, 2.05) is 30.3 Å². The van der Waals surface area contributed by atoms with Gasteiger partial charge in [0.2, 0.25) is 0 Å². The van der Waals surface area contributed by atoms with Crippen molar-refractivity contribution in [2.24, 2.45) is 0 Å². The number of carbonyl (C=O) groups is 2. The third-order valence-electron chi connectivity index (χ3n) is 3.81. The molecule has 5 nitrogen and oxygen atoms in total. The van der Waals surface area contributed by atoms with E-state index in [-0.39, 0.29) is 11.9 Å². The first-order chi connectivity index (χ1) is 9.21. The normalized spacial score (nSPS) is 26.8. The standard InChI is InChI=1S/C14H17N3O2/c18-12-14(7-4-8-15-10-14)16-13(19)17(12)9-11-5-2-1-3-6-11/h1-3,5-6,15H,4,7-10H2,(H,16,19). The lowest BCUT2D eigenvalue weighted by molar-refractivity contribution is -0.132. The summed E-state index contributed by atoms with van der Waals surface area (Å²) in [6.07, 6.45) is 1.63. The van der Waals surface area contributed by atoms with E-state index < -0.39 is 5.54 Å². The van der Waals surface area contributed by atoms with Crippen LogP contribution in [0.5, 0.6) is 0 Å². The van der Waals surface area contributed by atoms with E-state index in [1.54, 1.807) is 0 Å². The van der Waals surface area contributed by atoms with Gasteiger partial charge in [-0.3, -0.25) is 9.69 Å². The number of urea groups is 1. The molecule has 0 aliphatic carbocycles. The van der Waals surface area contributed by atoms with Crippen LogP contribution in [0.15, 0.2) is 30.3 Å². The molecule has 1 spiro atoms. The Morgan fingerprint density at radius 1 is 1.21 bits per heavy atom. The van der Waals surface area contributed by atoms with Gasteiger partial charge in [-0.2, -0.15) is 0 Å². The Labute approximate surface area is 112 Å². The third kappa shape index (κ3) is 2.10. The molecule has 19 heavy (non-hydrogen) atoms. The summed E-state index contributed by atoms with van der Waals surface area (Å²) in [7, 11) is 0. The predicted octanol–water partition coefficient (Wildman–Crippen LogP) is 0.861. The van der Waals surface area contributed by atoms with Crippen LogP contribution in [0.25, 0.3) is 0 Å². The number of hydrogen-bond acceptors (Lipinski definition) is 3. The van der Waals surface area contributed by atoms with Crippen molar-refractivity contribution in [2.75, 3.05) is 13.1 Å². The lowest BCUT2D eigenvalue weighted by atomic mass is 9.90. The predicted molar refractivity (Wildman–Crippen MR) is 70.4 cm³/mol. The van der Waals surface area contributed by atoms with E-state index in [9.17, 15) is 9.59 Å². The van der Waals surface area contributed by atoms with Gasteiger partial charge in [0.05, 0.1) is 6.54 Å². The van der Waals surface area contributed by atoms with Gasteiger partial charge in [0.15, 0.2) is 0 Å². The van der Waals surface area contributed by atoms with E-state index in [0.29, 0.717) is 13.1 Å². The maximum Gasteiger partial charge on any atom is 0.325 e. The summed E-state index contributed by atoms with van der Waals surface area (Å²) in [5, 5.41) is 6.05. The number of imide groups is 1. The maximum atomic E-state index is 12.5. The molecule has 0 saturated carbocycles. The molecule has 100 valence electrons. The number of benzene rings is 1. The van der Waals surface area contributed by atoms with Crippen LogP contribution in [0.3, 0.4) is 0 Å². The minimum Gasteiger partial charge on any atom is -0.322 e. The Morgan fingerprint density at radius 2 is 2.00 bits per heavy atom. The Balaban J connectivity index is 1.79. The highest BCUT2D eigenvalue weighted by molar-refractivity contribution is 6.07. The molecule has 1 aromatic rings. The number of piperidine rings is 1. The lowest BCUT2D eigenvalue weighted by Gasteiger charge is -2.31. The van der Waals surface area contributed by atoms with Crippen LogP contribution in [0.1, 0.15) is 18.4 Å². The van der Waals surface area contributed by atoms with Crippen molar-refractivity contribution in [3.05, 3.63) is 35.9 Å². The third-order valence-corrected chi connectivity index (χ3v) is 3.81. The summed E-state index contributed by atoms with van der Waals surface area (Å²) < 4.78 is 0.